The number of nitrogens with one attached hydrogen (secondary N) is 3. The molecule has 0 bridgehead atoms. The zero-order chi connectivity index (χ0) is 29.6. The molecule has 0 atom stereocenters. The topological polar surface area (TPSA) is 82.2 Å². The van der Waals surface area contributed by atoms with E-state index in [0.717, 1.165) is 40.9 Å². The summed E-state index contributed by atoms with van der Waals surface area (Å²) in [5, 5.41) is 11.0. The number of hydrogen-bond acceptors (Lipinski definition) is 6. The Morgan fingerprint density at radius 3 is 2.43 bits per heavy atom. The van der Waals surface area contributed by atoms with Crippen LogP contribution < -0.4 is 20.9 Å². The number of amides is 1. The van der Waals surface area contributed by atoms with E-state index in [1.54, 1.807) is 17.2 Å². The predicted molar refractivity (Wildman–Crippen MR) is 170 cm³/mol. The summed E-state index contributed by atoms with van der Waals surface area (Å²) < 4.78 is 43.0. The lowest BCUT2D eigenvalue weighted by Gasteiger charge is -2.32. The minimum absolute atomic E-state index is 0. The van der Waals surface area contributed by atoms with Crippen molar-refractivity contribution in [3.05, 3.63) is 90.3 Å². The van der Waals surface area contributed by atoms with Gasteiger partial charge in [0.25, 0.3) is 5.91 Å². The van der Waals surface area contributed by atoms with Crippen LogP contribution in [0, 0.1) is 0 Å². The van der Waals surface area contributed by atoms with E-state index in [1.807, 2.05) is 48.5 Å². The number of para-hydroxylation sites is 1. The van der Waals surface area contributed by atoms with Crippen molar-refractivity contribution >= 4 is 57.2 Å². The number of pyridine rings is 2. The van der Waals surface area contributed by atoms with Crippen molar-refractivity contribution in [3.8, 4) is 11.1 Å². The van der Waals surface area contributed by atoms with Gasteiger partial charge in [0.15, 0.2) is 0 Å². The largest absolute Gasteiger partial charge is 0.418 e. The molecule has 1 aliphatic heterocycles. The number of anilines is 3. The number of hydrogen-bond donors (Lipinski definition) is 3. The van der Waals surface area contributed by atoms with Crippen LogP contribution in [0.1, 0.15) is 28.8 Å². The van der Waals surface area contributed by atoms with Crippen LogP contribution >= 0.6 is 12.4 Å². The number of nitrogens with zero attached hydrogens (tertiary/aromatic N) is 3. The third-order valence-corrected chi connectivity index (χ3v) is 7.98. The average Bonchev–Trinajstić information content (AvgIpc) is 3.84. The molecule has 0 spiro atoms. The highest BCUT2D eigenvalue weighted by molar-refractivity contribution is 6.09. The van der Waals surface area contributed by atoms with Gasteiger partial charge in [0.05, 0.1) is 27.8 Å². The van der Waals surface area contributed by atoms with Gasteiger partial charge in [-0.2, -0.15) is 13.2 Å². The first-order chi connectivity index (χ1) is 20.8. The molecule has 44 heavy (non-hydrogen) atoms. The maximum absolute atomic E-state index is 14.3. The number of piperazine rings is 1. The number of alkyl halides is 3. The number of aromatic nitrogens is 2. The van der Waals surface area contributed by atoms with Crippen molar-refractivity contribution in [2.45, 2.75) is 25.1 Å². The van der Waals surface area contributed by atoms with Gasteiger partial charge in [-0.1, -0.05) is 24.3 Å². The van der Waals surface area contributed by atoms with Crippen molar-refractivity contribution in [3.63, 3.8) is 0 Å². The summed E-state index contributed by atoms with van der Waals surface area (Å²) in [6, 6.07) is 19.9. The van der Waals surface area contributed by atoms with E-state index in [9.17, 15) is 18.0 Å². The van der Waals surface area contributed by atoms with Crippen LogP contribution in [0.2, 0.25) is 0 Å². The minimum Gasteiger partial charge on any atom is -0.368 e. The van der Waals surface area contributed by atoms with Crippen molar-refractivity contribution in [2.24, 2.45) is 0 Å². The second kappa shape index (κ2) is 11.9. The molecule has 2 aromatic heterocycles. The molecule has 1 aliphatic carbocycles. The van der Waals surface area contributed by atoms with Gasteiger partial charge in [0.2, 0.25) is 0 Å². The second-order valence-electron chi connectivity index (χ2n) is 11.0. The molecule has 1 saturated heterocycles. The zero-order valence-electron chi connectivity index (χ0n) is 23.6. The fourth-order valence-electron chi connectivity index (χ4n) is 5.57. The summed E-state index contributed by atoms with van der Waals surface area (Å²) in [4.78, 5) is 24.2. The number of rotatable bonds is 6. The third-order valence-electron chi connectivity index (χ3n) is 7.98. The van der Waals surface area contributed by atoms with Crippen molar-refractivity contribution in [1.29, 1.82) is 0 Å². The molecule has 11 heteroatoms. The molecule has 7 rings (SSSR count). The van der Waals surface area contributed by atoms with E-state index >= 15 is 0 Å². The summed E-state index contributed by atoms with van der Waals surface area (Å²) in [5.41, 5.74) is 3.55. The molecule has 226 valence electrons. The lowest BCUT2D eigenvalue weighted by atomic mass is 10.0. The monoisotopic (exact) mass is 618 g/mol. The van der Waals surface area contributed by atoms with Gasteiger partial charge >= 0.3 is 6.18 Å². The zero-order valence-corrected chi connectivity index (χ0v) is 24.4. The number of carbonyl (C=O) groups excluding carboxylic acids is 1. The maximum atomic E-state index is 14.3. The number of halogens is 4. The maximum Gasteiger partial charge on any atom is 0.418 e. The van der Waals surface area contributed by atoms with Crippen LogP contribution in [0.25, 0.3) is 32.9 Å². The highest BCUT2D eigenvalue weighted by Crippen LogP contribution is 2.40. The molecule has 0 radical (unpaired) electrons. The van der Waals surface area contributed by atoms with Crippen LogP contribution in [-0.4, -0.2) is 48.1 Å². The van der Waals surface area contributed by atoms with Gasteiger partial charge in [-0.15, -0.1) is 12.4 Å². The third kappa shape index (κ3) is 6.00. The Bertz CT molecular complexity index is 1850. The van der Waals surface area contributed by atoms with E-state index in [4.69, 9.17) is 0 Å². The van der Waals surface area contributed by atoms with Gasteiger partial charge in [-0.3, -0.25) is 14.8 Å². The number of fused-ring (bicyclic) bond motifs is 2. The Labute approximate surface area is 258 Å². The standard InChI is InChI=1S/C33H29F3N6O.ClH/c34-33(35,36)27-17-24(8-10-30(27)42-13-11-37-12-14-42)40-31-25-16-20(22-15-21-3-1-2-4-28(21)38-18-22)5-9-29(25)39-19-26(31)32(43)41-23-6-7-23;/h1-5,8-10,15-19,23,37H,6-7,11-14H2,(H,39,40)(H,41,43);1H. The van der Waals surface area contributed by atoms with Crippen LogP contribution in [0.15, 0.2) is 79.1 Å². The van der Waals surface area contributed by atoms with Gasteiger partial charge in [-0.25, -0.2) is 0 Å². The molecule has 3 aromatic carbocycles. The molecule has 0 unspecified atom stereocenters. The molecular formula is C33H30ClF3N6O. The van der Waals surface area contributed by atoms with E-state index in [1.165, 1.54) is 12.3 Å². The fourth-order valence-corrected chi connectivity index (χ4v) is 5.57. The van der Waals surface area contributed by atoms with Crippen LogP contribution in [0.4, 0.5) is 30.2 Å². The molecule has 3 N–H and O–H groups in total. The van der Waals surface area contributed by atoms with Crippen molar-refractivity contribution in [2.75, 3.05) is 36.4 Å². The molecule has 1 saturated carbocycles. The molecule has 5 aromatic rings. The Morgan fingerprint density at radius 1 is 0.886 bits per heavy atom. The molecule has 7 nitrogen and oxygen atoms in total. The Morgan fingerprint density at radius 2 is 1.66 bits per heavy atom. The molecule has 3 heterocycles. The number of carbonyl (C=O) groups is 1. The first-order valence-electron chi connectivity index (χ1n) is 14.4. The van der Waals surface area contributed by atoms with E-state index in [-0.39, 0.29) is 41.3 Å². The quantitative estimate of drug-likeness (QED) is 0.191. The fraction of sp³-hybridized carbons (Fsp3) is 0.242. The van der Waals surface area contributed by atoms with E-state index in [2.05, 4.69) is 25.9 Å². The van der Waals surface area contributed by atoms with Gasteiger partial charge in [0.1, 0.15) is 0 Å². The Hall–Kier alpha value is -4.41. The van der Waals surface area contributed by atoms with Gasteiger partial charge in [0, 0.05) is 72.3 Å². The highest BCUT2D eigenvalue weighted by Gasteiger charge is 2.36. The van der Waals surface area contributed by atoms with Crippen LogP contribution in [0.5, 0.6) is 0 Å². The smallest absolute Gasteiger partial charge is 0.368 e. The highest BCUT2D eigenvalue weighted by atomic mass is 35.5. The predicted octanol–water partition coefficient (Wildman–Crippen LogP) is 6.94. The molecular weight excluding hydrogens is 589 g/mol. The van der Waals surface area contributed by atoms with E-state index in [0.29, 0.717) is 42.8 Å². The Kier molecular flexibility index (Phi) is 8.04. The average molecular weight is 619 g/mol. The molecule has 1 amide bonds. The normalized spacial score (nSPS) is 15.2. The van der Waals surface area contributed by atoms with Crippen molar-refractivity contribution in [1.82, 2.24) is 20.6 Å². The summed E-state index contributed by atoms with van der Waals surface area (Å²) in [6.45, 7) is 2.22. The second-order valence-corrected chi connectivity index (χ2v) is 11.0. The summed E-state index contributed by atoms with van der Waals surface area (Å²) in [6.07, 6.45) is 0.520. The van der Waals surface area contributed by atoms with Gasteiger partial charge in [-0.05, 0) is 60.9 Å². The SMILES string of the molecule is Cl.O=C(NC1CC1)c1cnc2ccc(-c3cnc4ccccc4c3)cc2c1Nc1ccc(N2CCNCC2)c(C(F)(F)F)c1. The van der Waals surface area contributed by atoms with Gasteiger partial charge < -0.3 is 20.9 Å². The summed E-state index contributed by atoms with van der Waals surface area (Å²) in [5.74, 6) is -0.314. The van der Waals surface area contributed by atoms with E-state index < -0.39 is 11.7 Å². The molecule has 2 fully saturated rings. The Balaban J connectivity index is 0.00000343. The summed E-state index contributed by atoms with van der Waals surface area (Å²) >= 11 is 0. The van der Waals surface area contributed by atoms with Crippen molar-refractivity contribution < 1.29 is 18.0 Å². The van der Waals surface area contributed by atoms with Crippen LogP contribution in [-0.2, 0) is 6.18 Å². The first-order valence-corrected chi connectivity index (χ1v) is 14.4. The number of benzene rings is 3. The lowest BCUT2D eigenvalue weighted by Crippen LogP contribution is -2.44. The minimum atomic E-state index is -4.55. The molecule has 2 aliphatic rings. The first kappa shape index (κ1) is 29.7. The lowest BCUT2D eigenvalue weighted by molar-refractivity contribution is -0.137. The summed E-state index contributed by atoms with van der Waals surface area (Å²) in [7, 11) is 0. The van der Waals surface area contributed by atoms with Crippen LogP contribution in [0.3, 0.4) is 0 Å².